The van der Waals surface area contributed by atoms with Crippen LogP contribution in [0.25, 0.3) is 0 Å². The van der Waals surface area contributed by atoms with Gasteiger partial charge in [0.15, 0.2) is 0 Å². The Hall–Kier alpha value is -2.53. The standard InChI is InChI=1S/C22H27N5/c1-17-6-4-10-24-21(17)19-8-3-9-20(22-18(2)7-5-11-25-22)27(19)15-14-26-13-12-23-16-26/h4-7,10-13,16,19-20H,3,8-9,14-15H2,1-2H3. The van der Waals surface area contributed by atoms with Gasteiger partial charge in [-0.15, -0.1) is 0 Å². The fourth-order valence-electron chi connectivity index (χ4n) is 4.30. The maximum atomic E-state index is 4.77. The first-order chi connectivity index (χ1) is 13.2. The van der Waals surface area contributed by atoms with Crippen molar-refractivity contribution in [2.45, 2.75) is 51.7 Å². The van der Waals surface area contributed by atoms with Gasteiger partial charge in [-0.25, -0.2) is 4.98 Å². The first-order valence-electron chi connectivity index (χ1n) is 9.78. The lowest BCUT2D eigenvalue weighted by Crippen LogP contribution is -2.39. The Labute approximate surface area is 161 Å². The molecule has 1 aliphatic rings. The highest BCUT2D eigenvalue weighted by atomic mass is 15.2. The maximum absolute atomic E-state index is 4.77. The van der Waals surface area contributed by atoms with Crippen LogP contribution >= 0.6 is 0 Å². The molecular weight excluding hydrogens is 334 g/mol. The van der Waals surface area contributed by atoms with E-state index in [1.807, 2.05) is 43.2 Å². The number of nitrogens with zero attached hydrogens (tertiary/aromatic N) is 5. The van der Waals surface area contributed by atoms with E-state index >= 15 is 0 Å². The quantitative estimate of drug-likeness (QED) is 0.681. The van der Waals surface area contributed by atoms with E-state index < -0.39 is 0 Å². The van der Waals surface area contributed by atoms with Crippen molar-refractivity contribution in [3.05, 3.63) is 77.9 Å². The second-order valence-electron chi connectivity index (χ2n) is 7.41. The molecule has 1 saturated heterocycles. The van der Waals surface area contributed by atoms with Crippen molar-refractivity contribution in [1.29, 1.82) is 0 Å². The van der Waals surface area contributed by atoms with E-state index in [-0.39, 0.29) is 0 Å². The highest BCUT2D eigenvalue weighted by molar-refractivity contribution is 5.25. The summed E-state index contributed by atoms with van der Waals surface area (Å²) in [5.41, 5.74) is 4.96. The first kappa shape index (κ1) is 17.9. The Kier molecular flexibility index (Phi) is 5.30. The van der Waals surface area contributed by atoms with Crippen LogP contribution in [0, 0.1) is 13.8 Å². The van der Waals surface area contributed by atoms with Crippen LogP contribution in [-0.2, 0) is 6.54 Å². The van der Waals surface area contributed by atoms with Gasteiger partial charge in [-0.2, -0.15) is 0 Å². The van der Waals surface area contributed by atoms with E-state index in [0.717, 1.165) is 25.9 Å². The van der Waals surface area contributed by atoms with Crippen molar-refractivity contribution in [2.75, 3.05) is 6.54 Å². The molecule has 5 heteroatoms. The summed E-state index contributed by atoms with van der Waals surface area (Å²) in [6, 6.07) is 9.05. The predicted molar refractivity (Wildman–Crippen MR) is 106 cm³/mol. The molecule has 3 aromatic rings. The Balaban J connectivity index is 1.68. The Morgan fingerprint density at radius 3 is 2.04 bits per heavy atom. The van der Waals surface area contributed by atoms with Crippen LogP contribution in [0.4, 0.5) is 0 Å². The van der Waals surface area contributed by atoms with Gasteiger partial charge in [0.05, 0.1) is 29.8 Å². The van der Waals surface area contributed by atoms with Crippen LogP contribution in [0.1, 0.15) is 53.9 Å². The number of hydrogen-bond donors (Lipinski definition) is 0. The molecule has 0 aliphatic carbocycles. The Morgan fingerprint density at radius 1 is 0.889 bits per heavy atom. The van der Waals surface area contributed by atoms with E-state index in [4.69, 9.17) is 9.97 Å². The average Bonchev–Trinajstić information content (AvgIpc) is 3.21. The molecule has 2 unspecified atom stereocenters. The molecule has 3 aromatic heterocycles. The number of piperidine rings is 1. The zero-order valence-corrected chi connectivity index (χ0v) is 16.1. The number of rotatable bonds is 5. The third-order valence-corrected chi connectivity index (χ3v) is 5.66. The van der Waals surface area contributed by atoms with Gasteiger partial charge in [-0.1, -0.05) is 12.1 Å². The summed E-state index contributed by atoms with van der Waals surface area (Å²) in [5, 5.41) is 0. The lowest BCUT2D eigenvalue weighted by Gasteiger charge is -2.42. The average molecular weight is 361 g/mol. The molecule has 140 valence electrons. The zero-order valence-electron chi connectivity index (χ0n) is 16.1. The molecule has 5 nitrogen and oxygen atoms in total. The fourth-order valence-corrected chi connectivity index (χ4v) is 4.30. The molecule has 1 aliphatic heterocycles. The molecule has 0 radical (unpaired) electrons. The minimum absolute atomic E-state index is 0.329. The van der Waals surface area contributed by atoms with Crippen molar-refractivity contribution in [3.8, 4) is 0 Å². The van der Waals surface area contributed by atoms with E-state index in [1.54, 1.807) is 0 Å². The normalized spacial score (nSPS) is 20.7. The first-order valence-corrected chi connectivity index (χ1v) is 9.78. The van der Waals surface area contributed by atoms with E-state index in [0.29, 0.717) is 12.1 Å². The molecule has 4 rings (SSSR count). The smallest absolute Gasteiger partial charge is 0.0946 e. The number of likely N-dealkylation sites (tertiary alicyclic amines) is 1. The summed E-state index contributed by atoms with van der Waals surface area (Å²) in [6.45, 7) is 6.22. The van der Waals surface area contributed by atoms with Gasteiger partial charge < -0.3 is 4.57 Å². The van der Waals surface area contributed by atoms with Crippen LogP contribution < -0.4 is 0 Å². The number of imidazole rings is 1. The lowest BCUT2D eigenvalue weighted by molar-refractivity contribution is 0.0722. The van der Waals surface area contributed by atoms with Crippen LogP contribution in [0.3, 0.4) is 0 Å². The van der Waals surface area contributed by atoms with Crippen LogP contribution in [0.2, 0.25) is 0 Å². The van der Waals surface area contributed by atoms with Crippen LogP contribution in [-0.4, -0.2) is 31.0 Å². The van der Waals surface area contributed by atoms with Gasteiger partial charge in [0.25, 0.3) is 0 Å². The zero-order chi connectivity index (χ0) is 18.6. The molecule has 4 heterocycles. The topological polar surface area (TPSA) is 46.8 Å². The summed E-state index contributed by atoms with van der Waals surface area (Å²) in [6.07, 6.45) is 13.1. The van der Waals surface area contributed by atoms with Crippen molar-refractivity contribution in [1.82, 2.24) is 24.4 Å². The molecule has 0 saturated carbocycles. The summed E-state index contributed by atoms with van der Waals surface area (Å²) >= 11 is 0. The molecule has 0 N–H and O–H groups in total. The monoisotopic (exact) mass is 361 g/mol. The van der Waals surface area contributed by atoms with Gasteiger partial charge in [0, 0.05) is 37.9 Å². The van der Waals surface area contributed by atoms with Gasteiger partial charge >= 0.3 is 0 Å². The molecule has 27 heavy (non-hydrogen) atoms. The SMILES string of the molecule is Cc1cccnc1C1CCCC(c2ncccc2C)N1CCn1ccnc1. The minimum Gasteiger partial charge on any atom is -0.336 e. The number of pyridine rings is 2. The van der Waals surface area contributed by atoms with Gasteiger partial charge in [-0.05, 0) is 56.4 Å². The third kappa shape index (κ3) is 3.78. The summed E-state index contributed by atoms with van der Waals surface area (Å²) in [4.78, 5) is 16.3. The molecule has 0 aromatic carbocycles. The molecule has 2 atom stereocenters. The predicted octanol–water partition coefficient (Wildman–Crippen LogP) is 4.26. The Bertz CT molecular complexity index is 820. The van der Waals surface area contributed by atoms with Crippen molar-refractivity contribution >= 4 is 0 Å². The van der Waals surface area contributed by atoms with Gasteiger partial charge in [0.1, 0.15) is 0 Å². The van der Waals surface area contributed by atoms with Gasteiger partial charge in [-0.3, -0.25) is 14.9 Å². The van der Waals surface area contributed by atoms with Crippen molar-refractivity contribution in [2.24, 2.45) is 0 Å². The highest BCUT2D eigenvalue weighted by Gasteiger charge is 2.34. The second kappa shape index (κ2) is 8.01. The summed E-state index contributed by atoms with van der Waals surface area (Å²) in [7, 11) is 0. The van der Waals surface area contributed by atoms with Crippen molar-refractivity contribution < 1.29 is 0 Å². The van der Waals surface area contributed by atoms with Crippen LogP contribution in [0.5, 0.6) is 0 Å². The minimum atomic E-state index is 0.329. The second-order valence-corrected chi connectivity index (χ2v) is 7.41. The lowest BCUT2D eigenvalue weighted by atomic mass is 9.89. The molecule has 0 amide bonds. The molecule has 0 spiro atoms. The highest BCUT2D eigenvalue weighted by Crippen LogP contribution is 2.41. The fraction of sp³-hybridized carbons (Fsp3) is 0.409. The van der Waals surface area contributed by atoms with Gasteiger partial charge in [0.2, 0.25) is 0 Å². The van der Waals surface area contributed by atoms with Crippen LogP contribution in [0.15, 0.2) is 55.4 Å². The van der Waals surface area contributed by atoms with E-state index in [9.17, 15) is 0 Å². The number of aromatic nitrogens is 4. The van der Waals surface area contributed by atoms with E-state index in [2.05, 4.69) is 40.4 Å². The molecule has 0 bridgehead atoms. The number of aryl methyl sites for hydroxylation is 2. The third-order valence-electron chi connectivity index (χ3n) is 5.66. The Morgan fingerprint density at radius 2 is 1.52 bits per heavy atom. The van der Waals surface area contributed by atoms with E-state index in [1.165, 1.54) is 28.9 Å². The molecular formula is C22H27N5. The maximum Gasteiger partial charge on any atom is 0.0946 e. The summed E-state index contributed by atoms with van der Waals surface area (Å²) in [5.74, 6) is 0. The largest absolute Gasteiger partial charge is 0.336 e. The molecule has 1 fully saturated rings. The number of hydrogen-bond acceptors (Lipinski definition) is 4. The van der Waals surface area contributed by atoms with Crippen molar-refractivity contribution in [3.63, 3.8) is 0 Å². The summed E-state index contributed by atoms with van der Waals surface area (Å²) < 4.78 is 2.15.